The maximum atomic E-state index is 11.3. The predicted molar refractivity (Wildman–Crippen MR) is 56.0 cm³/mol. The van der Waals surface area contributed by atoms with E-state index < -0.39 is 0 Å². The predicted octanol–water partition coefficient (Wildman–Crippen LogP) is 1.67. The van der Waals surface area contributed by atoms with Gasteiger partial charge in [-0.2, -0.15) is 0 Å². The van der Waals surface area contributed by atoms with Gasteiger partial charge in [0.15, 0.2) is 0 Å². The number of esters is 1. The van der Waals surface area contributed by atoms with Gasteiger partial charge >= 0.3 is 5.97 Å². The van der Waals surface area contributed by atoms with Gasteiger partial charge in [0, 0.05) is 12.1 Å². The number of rotatable bonds is 4. The van der Waals surface area contributed by atoms with Crippen LogP contribution in [0.2, 0.25) is 0 Å². The van der Waals surface area contributed by atoms with Crippen LogP contribution in [0, 0.1) is 5.92 Å². The lowest BCUT2D eigenvalue weighted by atomic mass is 9.89. The number of hydrogen-bond donors (Lipinski definition) is 0. The van der Waals surface area contributed by atoms with Gasteiger partial charge in [-0.15, -0.1) is 0 Å². The summed E-state index contributed by atoms with van der Waals surface area (Å²) < 4.78 is 4.75. The molecule has 0 N–H and O–H groups in total. The SMILES string of the molecule is COC(=O)C(C)C(C)N(C)C1CCC1. The fourth-order valence-corrected chi connectivity index (χ4v) is 1.86. The minimum Gasteiger partial charge on any atom is -0.469 e. The van der Waals surface area contributed by atoms with Crippen molar-refractivity contribution in [2.24, 2.45) is 5.92 Å². The third-order valence-electron chi connectivity index (χ3n) is 3.59. The van der Waals surface area contributed by atoms with Gasteiger partial charge in [0.2, 0.25) is 0 Å². The molecule has 1 saturated carbocycles. The van der Waals surface area contributed by atoms with Crippen molar-refractivity contribution >= 4 is 5.97 Å². The van der Waals surface area contributed by atoms with Crippen molar-refractivity contribution in [1.29, 1.82) is 0 Å². The fraction of sp³-hybridized carbons (Fsp3) is 0.909. The molecule has 0 aromatic heterocycles. The van der Waals surface area contributed by atoms with Crippen molar-refractivity contribution in [2.75, 3.05) is 14.2 Å². The van der Waals surface area contributed by atoms with Crippen LogP contribution in [-0.4, -0.2) is 37.1 Å². The number of nitrogens with zero attached hydrogens (tertiary/aromatic N) is 1. The highest BCUT2D eigenvalue weighted by atomic mass is 16.5. The summed E-state index contributed by atoms with van der Waals surface area (Å²) in [6, 6.07) is 0.949. The zero-order valence-corrected chi connectivity index (χ0v) is 9.62. The number of carbonyl (C=O) groups is 1. The van der Waals surface area contributed by atoms with Crippen LogP contribution in [0.1, 0.15) is 33.1 Å². The standard InChI is InChI=1S/C11H21NO2/c1-8(11(13)14-4)9(2)12(3)10-6-5-7-10/h8-10H,5-7H2,1-4H3. The largest absolute Gasteiger partial charge is 0.469 e. The van der Waals surface area contributed by atoms with Crippen LogP contribution in [0.5, 0.6) is 0 Å². The Labute approximate surface area is 86.4 Å². The summed E-state index contributed by atoms with van der Waals surface area (Å²) in [5, 5.41) is 0. The molecule has 1 fully saturated rings. The van der Waals surface area contributed by atoms with Gasteiger partial charge in [0.1, 0.15) is 0 Å². The monoisotopic (exact) mass is 199 g/mol. The lowest BCUT2D eigenvalue weighted by Gasteiger charge is -2.40. The molecule has 2 atom stereocenters. The van der Waals surface area contributed by atoms with Crippen molar-refractivity contribution in [2.45, 2.75) is 45.2 Å². The average molecular weight is 199 g/mol. The molecule has 3 nitrogen and oxygen atoms in total. The van der Waals surface area contributed by atoms with Gasteiger partial charge < -0.3 is 4.74 Å². The molecule has 0 aromatic rings. The topological polar surface area (TPSA) is 29.5 Å². The highest BCUT2D eigenvalue weighted by molar-refractivity contribution is 5.72. The average Bonchev–Trinajstić information content (AvgIpc) is 2.11. The molecule has 1 rings (SSSR count). The Morgan fingerprint density at radius 2 is 2.00 bits per heavy atom. The third-order valence-corrected chi connectivity index (χ3v) is 3.59. The normalized spacial score (nSPS) is 21.5. The van der Waals surface area contributed by atoms with Gasteiger partial charge in [0.25, 0.3) is 0 Å². The van der Waals surface area contributed by atoms with Gasteiger partial charge in [-0.1, -0.05) is 13.3 Å². The number of hydrogen-bond acceptors (Lipinski definition) is 3. The molecule has 0 heterocycles. The van der Waals surface area contributed by atoms with Crippen molar-refractivity contribution in [3.05, 3.63) is 0 Å². The van der Waals surface area contributed by atoms with Crippen molar-refractivity contribution in [3.63, 3.8) is 0 Å². The summed E-state index contributed by atoms with van der Waals surface area (Å²) in [6.07, 6.45) is 3.87. The van der Waals surface area contributed by atoms with E-state index in [1.165, 1.54) is 26.4 Å². The Balaban J connectivity index is 2.45. The molecule has 1 aliphatic carbocycles. The van der Waals surface area contributed by atoms with E-state index in [1.54, 1.807) is 0 Å². The van der Waals surface area contributed by atoms with E-state index in [2.05, 4.69) is 18.9 Å². The van der Waals surface area contributed by atoms with Crippen LogP contribution in [0.4, 0.5) is 0 Å². The van der Waals surface area contributed by atoms with E-state index in [-0.39, 0.29) is 17.9 Å². The van der Waals surface area contributed by atoms with E-state index >= 15 is 0 Å². The van der Waals surface area contributed by atoms with Crippen molar-refractivity contribution in [3.8, 4) is 0 Å². The zero-order chi connectivity index (χ0) is 10.7. The molecule has 0 spiro atoms. The number of methoxy groups -OCH3 is 1. The second kappa shape index (κ2) is 4.78. The Morgan fingerprint density at radius 1 is 1.43 bits per heavy atom. The Hall–Kier alpha value is -0.570. The Morgan fingerprint density at radius 3 is 2.36 bits per heavy atom. The smallest absolute Gasteiger partial charge is 0.309 e. The molecule has 3 heteroatoms. The van der Waals surface area contributed by atoms with Gasteiger partial charge in [-0.25, -0.2) is 0 Å². The summed E-state index contributed by atoms with van der Waals surface area (Å²) in [5.41, 5.74) is 0. The highest BCUT2D eigenvalue weighted by Crippen LogP contribution is 2.27. The van der Waals surface area contributed by atoms with Crippen molar-refractivity contribution in [1.82, 2.24) is 4.90 Å². The summed E-state index contributed by atoms with van der Waals surface area (Å²) >= 11 is 0. The quantitative estimate of drug-likeness (QED) is 0.645. The molecule has 14 heavy (non-hydrogen) atoms. The van der Waals surface area contributed by atoms with Gasteiger partial charge in [-0.3, -0.25) is 9.69 Å². The molecule has 0 amide bonds. The molecule has 2 unspecified atom stereocenters. The molecular formula is C11H21NO2. The fourth-order valence-electron chi connectivity index (χ4n) is 1.86. The molecular weight excluding hydrogens is 178 g/mol. The lowest BCUT2D eigenvalue weighted by Crippen LogP contribution is -2.47. The summed E-state index contributed by atoms with van der Waals surface area (Å²) in [6.45, 7) is 4.03. The van der Waals surface area contributed by atoms with E-state index in [1.807, 2.05) is 6.92 Å². The summed E-state index contributed by atoms with van der Waals surface area (Å²) in [4.78, 5) is 13.6. The summed E-state index contributed by atoms with van der Waals surface area (Å²) in [5.74, 6) is -0.144. The number of ether oxygens (including phenoxy) is 1. The second-order valence-corrected chi connectivity index (χ2v) is 4.30. The molecule has 82 valence electrons. The number of carbonyl (C=O) groups excluding carboxylic acids is 1. The molecule has 0 aliphatic heterocycles. The van der Waals surface area contributed by atoms with E-state index in [9.17, 15) is 4.79 Å². The van der Waals surface area contributed by atoms with Crippen LogP contribution in [0.3, 0.4) is 0 Å². The van der Waals surface area contributed by atoms with Gasteiger partial charge in [0.05, 0.1) is 13.0 Å². The highest BCUT2D eigenvalue weighted by Gasteiger charge is 2.30. The Kier molecular flexibility index (Phi) is 3.93. The first-order valence-electron chi connectivity index (χ1n) is 5.37. The van der Waals surface area contributed by atoms with Crippen LogP contribution in [0.15, 0.2) is 0 Å². The maximum Gasteiger partial charge on any atom is 0.309 e. The molecule has 0 aromatic carbocycles. The van der Waals surface area contributed by atoms with E-state index in [0.717, 1.165) is 0 Å². The molecule has 0 bridgehead atoms. The van der Waals surface area contributed by atoms with Gasteiger partial charge in [-0.05, 0) is 26.8 Å². The minimum atomic E-state index is -0.108. The van der Waals surface area contributed by atoms with E-state index in [0.29, 0.717) is 6.04 Å². The van der Waals surface area contributed by atoms with Crippen LogP contribution >= 0.6 is 0 Å². The van der Waals surface area contributed by atoms with Crippen LogP contribution in [0.25, 0.3) is 0 Å². The molecule has 1 aliphatic rings. The maximum absolute atomic E-state index is 11.3. The molecule has 0 saturated heterocycles. The Bertz CT molecular complexity index is 201. The first-order valence-corrected chi connectivity index (χ1v) is 5.37. The first kappa shape index (κ1) is 11.5. The first-order chi connectivity index (χ1) is 6.57. The minimum absolute atomic E-state index is 0.0365. The van der Waals surface area contributed by atoms with Crippen LogP contribution < -0.4 is 0 Å². The second-order valence-electron chi connectivity index (χ2n) is 4.30. The lowest BCUT2D eigenvalue weighted by molar-refractivity contribution is -0.147. The third kappa shape index (κ3) is 2.27. The zero-order valence-electron chi connectivity index (χ0n) is 9.62. The summed E-state index contributed by atoms with van der Waals surface area (Å²) in [7, 11) is 3.56. The van der Waals surface area contributed by atoms with Crippen molar-refractivity contribution < 1.29 is 9.53 Å². The van der Waals surface area contributed by atoms with Crippen LogP contribution in [-0.2, 0) is 9.53 Å². The van der Waals surface area contributed by atoms with E-state index in [4.69, 9.17) is 4.74 Å². The molecule has 0 radical (unpaired) electrons.